The molecule has 0 spiro atoms. The van der Waals surface area contributed by atoms with Crippen molar-refractivity contribution in [3.05, 3.63) is 59.7 Å². The van der Waals surface area contributed by atoms with Crippen molar-refractivity contribution in [1.29, 1.82) is 0 Å². The van der Waals surface area contributed by atoms with Crippen LogP contribution in [0.15, 0.2) is 47.4 Å². The van der Waals surface area contributed by atoms with Crippen molar-refractivity contribution in [2.24, 2.45) is 11.7 Å². The predicted octanol–water partition coefficient (Wildman–Crippen LogP) is 1.94. The van der Waals surface area contributed by atoms with Crippen LogP contribution in [0, 0.1) is 17.6 Å². The zero-order chi connectivity index (χ0) is 19.6. The van der Waals surface area contributed by atoms with Crippen molar-refractivity contribution in [3.63, 3.8) is 0 Å². The smallest absolute Gasteiger partial charge is 0.240 e. The van der Waals surface area contributed by atoms with Crippen LogP contribution in [0.4, 0.5) is 14.5 Å². The largest absolute Gasteiger partial charge is 0.329 e. The molecule has 1 amide bonds. The third-order valence-corrected chi connectivity index (χ3v) is 5.82. The molecule has 1 aliphatic carbocycles. The minimum atomic E-state index is -3.72. The van der Waals surface area contributed by atoms with Gasteiger partial charge >= 0.3 is 0 Å². The van der Waals surface area contributed by atoms with E-state index >= 15 is 0 Å². The molecule has 2 unspecified atom stereocenters. The van der Waals surface area contributed by atoms with Crippen molar-refractivity contribution in [3.8, 4) is 0 Å². The lowest BCUT2D eigenvalue weighted by Gasteiger charge is -2.09. The lowest BCUT2D eigenvalue weighted by atomic mass is 10.1. The predicted molar refractivity (Wildman–Crippen MR) is 96.5 cm³/mol. The second-order valence-electron chi connectivity index (χ2n) is 6.30. The Morgan fingerprint density at radius 2 is 1.93 bits per heavy atom. The van der Waals surface area contributed by atoms with Gasteiger partial charge in [-0.1, -0.05) is 18.2 Å². The van der Waals surface area contributed by atoms with Gasteiger partial charge in [0.2, 0.25) is 15.9 Å². The molecular formula is C18H19F2N3O3S. The van der Waals surface area contributed by atoms with Gasteiger partial charge in [0.25, 0.3) is 0 Å². The Labute approximate surface area is 155 Å². The van der Waals surface area contributed by atoms with Gasteiger partial charge in [0, 0.05) is 24.7 Å². The Hall–Kier alpha value is -2.36. The molecule has 0 aliphatic heterocycles. The highest BCUT2D eigenvalue weighted by Crippen LogP contribution is 2.49. The first-order valence-corrected chi connectivity index (χ1v) is 9.86. The molecule has 0 saturated heterocycles. The highest BCUT2D eigenvalue weighted by molar-refractivity contribution is 7.89. The lowest BCUT2D eigenvalue weighted by molar-refractivity contribution is -0.117. The first-order valence-electron chi connectivity index (χ1n) is 8.38. The van der Waals surface area contributed by atoms with Gasteiger partial charge in [0.1, 0.15) is 0 Å². The monoisotopic (exact) mass is 395 g/mol. The van der Waals surface area contributed by atoms with E-state index in [1.165, 1.54) is 30.3 Å². The van der Waals surface area contributed by atoms with Crippen LogP contribution in [0.2, 0.25) is 0 Å². The Bertz CT molecular complexity index is 966. The van der Waals surface area contributed by atoms with Gasteiger partial charge in [0.15, 0.2) is 11.6 Å². The van der Waals surface area contributed by atoms with Gasteiger partial charge in [-0.3, -0.25) is 4.79 Å². The highest BCUT2D eigenvalue weighted by atomic mass is 32.2. The minimum Gasteiger partial charge on any atom is -0.329 e. The average molecular weight is 395 g/mol. The first kappa shape index (κ1) is 19.4. The summed E-state index contributed by atoms with van der Waals surface area (Å²) in [5.74, 6) is -3.12. The van der Waals surface area contributed by atoms with E-state index in [1.807, 2.05) is 0 Å². The average Bonchev–Trinajstić information content (AvgIpc) is 3.43. The summed E-state index contributed by atoms with van der Waals surface area (Å²) in [5, 5.41) is 2.63. The molecule has 27 heavy (non-hydrogen) atoms. The summed E-state index contributed by atoms with van der Waals surface area (Å²) < 4.78 is 53.8. The quantitative estimate of drug-likeness (QED) is 0.667. The summed E-state index contributed by atoms with van der Waals surface area (Å²) in [6, 6.07) is 9.69. The zero-order valence-electron chi connectivity index (χ0n) is 14.3. The molecular weight excluding hydrogens is 376 g/mol. The number of anilines is 1. The molecule has 4 N–H and O–H groups in total. The second kappa shape index (κ2) is 7.71. The van der Waals surface area contributed by atoms with Gasteiger partial charge in [0.05, 0.1) is 4.90 Å². The third kappa shape index (κ3) is 4.32. The second-order valence-corrected chi connectivity index (χ2v) is 8.06. The van der Waals surface area contributed by atoms with Crippen LogP contribution in [0.3, 0.4) is 0 Å². The van der Waals surface area contributed by atoms with E-state index in [2.05, 4.69) is 10.0 Å². The van der Waals surface area contributed by atoms with E-state index in [1.54, 1.807) is 6.07 Å². The van der Waals surface area contributed by atoms with Crippen molar-refractivity contribution in [2.75, 3.05) is 18.4 Å². The summed E-state index contributed by atoms with van der Waals surface area (Å²) in [4.78, 5) is 12.4. The molecule has 2 atom stereocenters. The van der Waals surface area contributed by atoms with Crippen LogP contribution < -0.4 is 15.8 Å². The topological polar surface area (TPSA) is 101 Å². The van der Waals surface area contributed by atoms with Crippen molar-refractivity contribution in [1.82, 2.24) is 4.72 Å². The number of benzene rings is 2. The third-order valence-electron chi connectivity index (χ3n) is 4.36. The summed E-state index contributed by atoms with van der Waals surface area (Å²) in [6.07, 6.45) is 0.405. The maximum Gasteiger partial charge on any atom is 0.240 e. The molecule has 3 rings (SSSR count). The number of sulfonamides is 1. The number of amides is 1. The molecule has 0 radical (unpaired) electrons. The van der Waals surface area contributed by atoms with Gasteiger partial charge in [-0.25, -0.2) is 21.9 Å². The lowest BCUT2D eigenvalue weighted by Crippen LogP contribution is -2.29. The Balaban J connectivity index is 1.69. The minimum absolute atomic E-state index is 0.00253. The van der Waals surface area contributed by atoms with Crippen LogP contribution in [0.25, 0.3) is 0 Å². The van der Waals surface area contributed by atoms with Gasteiger partial charge in [-0.2, -0.15) is 0 Å². The number of hydrogen-bond donors (Lipinski definition) is 3. The molecule has 0 heterocycles. The van der Waals surface area contributed by atoms with E-state index in [4.69, 9.17) is 5.73 Å². The van der Waals surface area contributed by atoms with Crippen molar-refractivity contribution < 1.29 is 22.0 Å². The molecule has 2 aromatic rings. The highest BCUT2D eigenvalue weighted by Gasteiger charge is 2.45. The molecule has 1 fully saturated rings. The summed E-state index contributed by atoms with van der Waals surface area (Å²) in [6.45, 7) is 0.261. The van der Waals surface area contributed by atoms with E-state index in [-0.39, 0.29) is 35.4 Å². The molecule has 6 nitrogen and oxygen atoms in total. The van der Waals surface area contributed by atoms with E-state index < -0.39 is 27.6 Å². The standard InChI is InChI=1S/C18H19F2N3O3S/c19-16-6-2-5-13(17(16)20)14-10-15(14)18(24)23-11-3-1-4-12(9-11)27(25,26)22-8-7-21/h1-6,9,14-15,22H,7-8,10,21H2,(H,23,24). The number of hydrogen-bond acceptors (Lipinski definition) is 4. The fourth-order valence-corrected chi connectivity index (χ4v) is 3.98. The maximum absolute atomic E-state index is 13.9. The van der Waals surface area contributed by atoms with Crippen molar-refractivity contribution in [2.45, 2.75) is 17.2 Å². The number of halogens is 2. The van der Waals surface area contributed by atoms with Crippen molar-refractivity contribution >= 4 is 21.6 Å². The SMILES string of the molecule is NCCNS(=O)(=O)c1cccc(NC(=O)C2CC2c2cccc(F)c2F)c1. The Kier molecular flexibility index (Phi) is 5.54. The van der Waals surface area contributed by atoms with Crippen LogP contribution in [-0.4, -0.2) is 27.4 Å². The Morgan fingerprint density at radius 3 is 2.67 bits per heavy atom. The Morgan fingerprint density at radius 1 is 1.19 bits per heavy atom. The number of nitrogens with two attached hydrogens (primary N) is 1. The molecule has 0 bridgehead atoms. The van der Waals surface area contributed by atoms with Crippen LogP contribution >= 0.6 is 0 Å². The molecule has 0 aromatic heterocycles. The number of carbonyl (C=O) groups is 1. The fraction of sp³-hybridized carbons (Fsp3) is 0.278. The van der Waals surface area contributed by atoms with Gasteiger partial charge < -0.3 is 11.1 Å². The van der Waals surface area contributed by atoms with E-state index in [0.717, 1.165) is 6.07 Å². The maximum atomic E-state index is 13.9. The molecule has 9 heteroatoms. The normalized spacial score (nSPS) is 18.9. The van der Waals surface area contributed by atoms with E-state index in [9.17, 15) is 22.0 Å². The number of rotatable bonds is 7. The molecule has 2 aromatic carbocycles. The molecule has 1 aliphatic rings. The summed E-state index contributed by atoms with van der Waals surface area (Å²) in [5.41, 5.74) is 5.78. The molecule has 144 valence electrons. The zero-order valence-corrected chi connectivity index (χ0v) is 15.1. The molecule has 1 saturated carbocycles. The van der Waals surface area contributed by atoms with E-state index in [0.29, 0.717) is 12.1 Å². The van der Waals surface area contributed by atoms with Crippen LogP contribution in [0.1, 0.15) is 17.9 Å². The number of nitrogens with one attached hydrogen (secondary N) is 2. The number of carbonyl (C=O) groups excluding carboxylic acids is 1. The first-order chi connectivity index (χ1) is 12.8. The van der Waals surface area contributed by atoms with Crippen LogP contribution in [0.5, 0.6) is 0 Å². The van der Waals surface area contributed by atoms with Gasteiger partial charge in [-0.05, 0) is 42.2 Å². The van der Waals surface area contributed by atoms with Crippen LogP contribution in [-0.2, 0) is 14.8 Å². The fourth-order valence-electron chi connectivity index (χ4n) is 2.89. The summed E-state index contributed by atoms with van der Waals surface area (Å²) >= 11 is 0. The van der Waals surface area contributed by atoms with Gasteiger partial charge in [-0.15, -0.1) is 0 Å². The summed E-state index contributed by atoms with van der Waals surface area (Å²) in [7, 11) is -3.72.